The third-order valence-electron chi connectivity index (χ3n) is 3.91. The van der Waals surface area contributed by atoms with Crippen molar-refractivity contribution >= 4 is 27.5 Å². The first-order valence-corrected chi connectivity index (χ1v) is 8.83. The van der Waals surface area contributed by atoms with Gasteiger partial charge in [-0.3, -0.25) is 4.79 Å². The second-order valence-electron chi connectivity index (χ2n) is 6.35. The smallest absolute Gasteiger partial charge is 0.268 e. The molecule has 1 aromatic carbocycles. The molecule has 0 spiro atoms. The summed E-state index contributed by atoms with van der Waals surface area (Å²) in [5.41, 5.74) is 5.15. The van der Waals surface area contributed by atoms with E-state index in [0.717, 1.165) is 21.4 Å². The first kappa shape index (κ1) is 16.5. The highest BCUT2D eigenvalue weighted by atomic mass is 32.1. The number of hydrogen-bond acceptors (Lipinski definition) is 2. The molecule has 0 bridgehead atoms. The molecule has 3 rings (SSSR count). The van der Waals surface area contributed by atoms with Gasteiger partial charge in [0.1, 0.15) is 5.69 Å². The van der Waals surface area contributed by atoms with Gasteiger partial charge in [-0.2, -0.15) is 0 Å². The van der Waals surface area contributed by atoms with Crippen LogP contribution in [0.3, 0.4) is 0 Å². The van der Waals surface area contributed by atoms with E-state index in [1.807, 2.05) is 25.1 Å². The lowest BCUT2D eigenvalue weighted by molar-refractivity contribution is 0.0942. The van der Waals surface area contributed by atoms with Crippen LogP contribution in [-0.4, -0.2) is 10.5 Å². The van der Waals surface area contributed by atoms with Gasteiger partial charge in [0.25, 0.3) is 5.91 Å². The molecule has 1 amide bonds. The summed E-state index contributed by atoms with van der Waals surface area (Å²) in [5.74, 6) is -0.0428. The lowest BCUT2D eigenvalue weighted by atomic mass is 10.1. The van der Waals surface area contributed by atoms with Gasteiger partial charge < -0.3 is 9.88 Å². The summed E-state index contributed by atoms with van der Waals surface area (Å²) in [5, 5.41) is 3.04. The quantitative estimate of drug-likeness (QED) is 0.665. The average molecular weight is 338 g/mol. The number of aryl methyl sites for hydroxylation is 2. The molecule has 124 valence electrons. The Labute approximate surface area is 146 Å². The van der Waals surface area contributed by atoms with Gasteiger partial charge >= 0.3 is 0 Å². The summed E-state index contributed by atoms with van der Waals surface area (Å²) < 4.78 is 3.21. The van der Waals surface area contributed by atoms with Crippen molar-refractivity contribution in [3.05, 3.63) is 70.2 Å². The molecule has 0 saturated heterocycles. The number of aromatic nitrogens is 1. The summed E-state index contributed by atoms with van der Waals surface area (Å²) in [6, 6.07) is 12.3. The molecular formula is C20H22N2OS. The maximum absolute atomic E-state index is 12.7. The second-order valence-corrected chi connectivity index (χ2v) is 7.64. The zero-order chi connectivity index (χ0) is 17.3. The van der Waals surface area contributed by atoms with Gasteiger partial charge in [-0.15, -0.1) is 11.3 Å². The van der Waals surface area contributed by atoms with Crippen LogP contribution in [0.15, 0.2) is 48.6 Å². The van der Waals surface area contributed by atoms with Crippen molar-refractivity contribution in [3.8, 4) is 0 Å². The van der Waals surface area contributed by atoms with Crippen LogP contribution in [0, 0.1) is 13.8 Å². The number of amides is 1. The molecule has 3 aromatic rings. The Balaban J connectivity index is 1.85. The minimum atomic E-state index is -0.0428. The summed E-state index contributed by atoms with van der Waals surface area (Å²) in [6.07, 6.45) is 0. The first-order valence-electron chi connectivity index (χ1n) is 8.02. The van der Waals surface area contributed by atoms with Crippen molar-refractivity contribution in [2.45, 2.75) is 33.9 Å². The highest BCUT2D eigenvalue weighted by molar-refractivity contribution is 7.19. The molecule has 24 heavy (non-hydrogen) atoms. The summed E-state index contributed by atoms with van der Waals surface area (Å²) in [7, 11) is 0. The van der Waals surface area contributed by atoms with Crippen molar-refractivity contribution in [2.24, 2.45) is 0 Å². The van der Waals surface area contributed by atoms with Crippen LogP contribution in [0.1, 0.15) is 33.4 Å². The number of allylic oxidation sites excluding steroid dienone is 1. The Hall–Kier alpha value is -2.33. The Morgan fingerprint density at radius 3 is 2.75 bits per heavy atom. The van der Waals surface area contributed by atoms with Crippen molar-refractivity contribution < 1.29 is 4.79 Å². The fraction of sp³-hybridized carbons (Fsp3) is 0.250. The Morgan fingerprint density at radius 1 is 1.25 bits per heavy atom. The predicted molar refractivity (Wildman–Crippen MR) is 102 cm³/mol. The molecule has 0 fully saturated rings. The number of hydrogen-bond donors (Lipinski definition) is 1. The molecule has 3 nitrogen and oxygen atoms in total. The zero-order valence-corrected chi connectivity index (χ0v) is 15.2. The van der Waals surface area contributed by atoms with Gasteiger partial charge in [-0.1, -0.05) is 42.0 Å². The SMILES string of the molecule is C=C(C)Cn1c(C(=O)NCc2cccc(C)c2)cc2sc(C)cc21. The fourth-order valence-corrected chi connectivity index (χ4v) is 3.85. The van der Waals surface area contributed by atoms with Crippen LogP contribution < -0.4 is 5.32 Å². The maximum atomic E-state index is 12.7. The molecule has 4 heteroatoms. The highest BCUT2D eigenvalue weighted by Gasteiger charge is 2.17. The number of carbonyl (C=O) groups excluding carboxylic acids is 1. The van der Waals surface area contributed by atoms with Crippen LogP contribution in [0.4, 0.5) is 0 Å². The Bertz CT molecular complexity index is 917. The van der Waals surface area contributed by atoms with Crippen LogP contribution in [0.2, 0.25) is 0 Å². The monoisotopic (exact) mass is 338 g/mol. The van der Waals surface area contributed by atoms with Gasteiger partial charge in [0, 0.05) is 18.0 Å². The van der Waals surface area contributed by atoms with Gasteiger partial charge in [-0.05, 0) is 38.5 Å². The zero-order valence-electron chi connectivity index (χ0n) is 14.3. The van der Waals surface area contributed by atoms with Gasteiger partial charge in [0.15, 0.2) is 0 Å². The maximum Gasteiger partial charge on any atom is 0.268 e. The fourth-order valence-electron chi connectivity index (χ4n) is 2.89. The van der Waals surface area contributed by atoms with Crippen molar-refractivity contribution in [1.29, 1.82) is 0 Å². The van der Waals surface area contributed by atoms with E-state index in [1.165, 1.54) is 10.4 Å². The van der Waals surface area contributed by atoms with Gasteiger partial charge in [-0.25, -0.2) is 0 Å². The highest BCUT2D eigenvalue weighted by Crippen LogP contribution is 2.29. The van der Waals surface area contributed by atoms with Crippen LogP contribution in [0.25, 0.3) is 10.2 Å². The summed E-state index contributed by atoms with van der Waals surface area (Å²) in [4.78, 5) is 14.0. The Kier molecular flexibility index (Phi) is 4.58. The molecule has 0 atom stereocenters. The molecule has 0 aliphatic carbocycles. The van der Waals surface area contributed by atoms with Crippen LogP contribution >= 0.6 is 11.3 Å². The third-order valence-corrected chi connectivity index (χ3v) is 4.90. The van der Waals surface area contributed by atoms with Gasteiger partial charge in [0.05, 0.1) is 10.2 Å². The minimum absolute atomic E-state index is 0.0428. The van der Waals surface area contributed by atoms with Crippen molar-refractivity contribution in [2.75, 3.05) is 0 Å². The molecule has 0 unspecified atom stereocenters. The number of nitrogens with one attached hydrogen (secondary N) is 1. The molecule has 2 heterocycles. The number of benzene rings is 1. The molecule has 2 aromatic heterocycles. The molecule has 0 radical (unpaired) electrons. The number of carbonyl (C=O) groups is 1. The lowest BCUT2D eigenvalue weighted by Crippen LogP contribution is -2.25. The predicted octanol–water partition coefficient (Wildman–Crippen LogP) is 4.83. The number of rotatable bonds is 5. The molecule has 1 N–H and O–H groups in total. The van der Waals surface area contributed by atoms with Crippen molar-refractivity contribution in [1.82, 2.24) is 9.88 Å². The molecule has 0 aliphatic heterocycles. The van der Waals surface area contributed by atoms with E-state index in [0.29, 0.717) is 18.8 Å². The lowest BCUT2D eigenvalue weighted by Gasteiger charge is -2.11. The van der Waals surface area contributed by atoms with E-state index in [4.69, 9.17) is 0 Å². The van der Waals surface area contributed by atoms with Crippen LogP contribution in [0.5, 0.6) is 0 Å². The standard InChI is InChI=1S/C20H22N2OS/c1-13(2)12-22-17-9-15(4)24-19(17)10-18(22)20(23)21-11-16-7-5-6-14(3)8-16/h5-10H,1,11-12H2,2-4H3,(H,21,23). The average Bonchev–Trinajstić information content (AvgIpc) is 3.02. The Morgan fingerprint density at radius 2 is 2.04 bits per heavy atom. The second kappa shape index (κ2) is 6.65. The van der Waals surface area contributed by atoms with Crippen molar-refractivity contribution in [3.63, 3.8) is 0 Å². The van der Waals surface area contributed by atoms with E-state index < -0.39 is 0 Å². The minimum Gasteiger partial charge on any atom is -0.347 e. The molecule has 0 aliphatic rings. The van der Waals surface area contributed by atoms with Crippen LogP contribution in [-0.2, 0) is 13.1 Å². The van der Waals surface area contributed by atoms with E-state index in [9.17, 15) is 4.79 Å². The van der Waals surface area contributed by atoms with E-state index in [-0.39, 0.29) is 5.91 Å². The largest absolute Gasteiger partial charge is 0.347 e. The number of fused-ring (bicyclic) bond motifs is 1. The van der Waals surface area contributed by atoms with E-state index in [1.54, 1.807) is 11.3 Å². The normalized spacial score (nSPS) is 11.0. The number of nitrogens with zero attached hydrogens (tertiary/aromatic N) is 1. The summed E-state index contributed by atoms with van der Waals surface area (Å²) in [6.45, 7) is 11.3. The third kappa shape index (κ3) is 3.44. The van der Waals surface area contributed by atoms with Gasteiger partial charge in [0.2, 0.25) is 0 Å². The topological polar surface area (TPSA) is 34.0 Å². The molecular weight excluding hydrogens is 316 g/mol. The van der Waals surface area contributed by atoms with E-state index >= 15 is 0 Å². The van der Waals surface area contributed by atoms with E-state index in [2.05, 4.69) is 48.5 Å². The molecule has 0 saturated carbocycles. The first-order chi connectivity index (χ1) is 11.4. The number of thiophene rings is 1. The summed E-state index contributed by atoms with van der Waals surface area (Å²) >= 11 is 1.72.